The van der Waals surface area contributed by atoms with E-state index in [1.165, 1.54) is 0 Å². The number of β-amino-alcohol motifs (C(OH)–C–C–N with tert-alkyl or cyclic N) is 1. The van der Waals surface area contributed by atoms with Crippen LogP contribution in [-0.2, 0) is 4.79 Å². The summed E-state index contributed by atoms with van der Waals surface area (Å²) in [6, 6.07) is 5.81. The number of aliphatic hydroxyl groups is 1. The lowest BCUT2D eigenvalue weighted by atomic mass is 9.86. The van der Waals surface area contributed by atoms with Crippen LogP contribution in [0.15, 0.2) is 18.3 Å². The summed E-state index contributed by atoms with van der Waals surface area (Å²) in [5.74, 6) is 0.854. The number of aromatic nitrogens is 1. The fourth-order valence-electron chi connectivity index (χ4n) is 3.97. The Morgan fingerprint density at radius 3 is 2.96 bits per heavy atom. The van der Waals surface area contributed by atoms with Crippen molar-refractivity contribution in [2.24, 2.45) is 0 Å². The molecule has 0 aliphatic carbocycles. The lowest BCUT2D eigenvalue weighted by Crippen LogP contribution is -2.61. The van der Waals surface area contributed by atoms with Crippen LogP contribution in [-0.4, -0.2) is 77.7 Å². The van der Waals surface area contributed by atoms with Crippen molar-refractivity contribution in [1.82, 2.24) is 14.8 Å². The molecule has 1 spiro atoms. The summed E-state index contributed by atoms with van der Waals surface area (Å²) in [5.41, 5.74) is 0.483. The van der Waals surface area contributed by atoms with E-state index in [9.17, 15) is 15.2 Å². The minimum absolute atomic E-state index is 0.000168. The number of pyridine rings is 1. The SMILES string of the molecule is CN1CCN(c2ncccc2C#N)C[C@@]12CCC(=O)N(CCO)CC2. The standard InChI is InChI=1S/C18H25N5O2/c1-21-9-10-23(17-15(13-19)3-2-7-20-17)14-18(21)5-4-16(25)22(8-6-18)11-12-24/h2-3,7,24H,4-6,8-12,14H2,1H3/t18-/m0/s1. The van der Waals surface area contributed by atoms with Gasteiger partial charge in [0.15, 0.2) is 0 Å². The number of carbonyl (C=O) groups is 1. The second kappa shape index (κ2) is 7.38. The molecule has 1 atom stereocenters. The summed E-state index contributed by atoms with van der Waals surface area (Å²) in [5, 5.41) is 18.6. The summed E-state index contributed by atoms with van der Waals surface area (Å²) in [6.07, 6.45) is 3.86. The van der Waals surface area contributed by atoms with Crippen molar-refractivity contribution < 1.29 is 9.90 Å². The number of amides is 1. The van der Waals surface area contributed by atoms with Gasteiger partial charge in [-0.3, -0.25) is 9.69 Å². The molecule has 25 heavy (non-hydrogen) atoms. The minimum atomic E-state index is -0.109. The smallest absolute Gasteiger partial charge is 0.222 e. The molecule has 134 valence electrons. The monoisotopic (exact) mass is 343 g/mol. The Kier molecular flexibility index (Phi) is 5.21. The normalized spacial score (nSPS) is 25.1. The van der Waals surface area contributed by atoms with E-state index in [0.717, 1.165) is 38.3 Å². The Bertz CT molecular complexity index is 674. The van der Waals surface area contributed by atoms with Crippen molar-refractivity contribution in [1.29, 1.82) is 5.26 Å². The molecule has 2 aliphatic heterocycles. The predicted octanol–water partition coefficient (Wildman–Crippen LogP) is 0.449. The number of piperazine rings is 1. The average Bonchev–Trinajstić information content (AvgIpc) is 2.79. The number of anilines is 1. The van der Waals surface area contributed by atoms with Crippen molar-refractivity contribution in [2.75, 3.05) is 51.3 Å². The van der Waals surface area contributed by atoms with Gasteiger partial charge in [0, 0.05) is 50.9 Å². The zero-order valence-corrected chi connectivity index (χ0v) is 14.7. The lowest BCUT2D eigenvalue weighted by Gasteiger charge is -2.49. The Morgan fingerprint density at radius 1 is 1.36 bits per heavy atom. The molecule has 1 N–H and O–H groups in total. The third-order valence-corrected chi connectivity index (χ3v) is 5.58. The largest absolute Gasteiger partial charge is 0.395 e. The first-order valence-corrected chi connectivity index (χ1v) is 8.79. The van der Waals surface area contributed by atoms with Crippen LogP contribution in [0.5, 0.6) is 0 Å². The molecular formula is C18H25N5O2. The van der Waals surface area contributed by atoms with E-state index in [4.69, 9.17) is 0 Å². The van der Waals surface area contributed by atoms with Gasteiger partial charge >= 0.3 is 0 Å². The zero-order chi connectivity index (χ0) is 17.9. The quantitative estimate of drug-likeness (QED) is 0.858. The van der Waals surface area contributed by atoms with Gasteiger partial charge in [-0.2, -0.15) is 5.26 Å². The number of aliphatic hydroxyl groups excluding tert-OH is 1. The van der Waals surface area contributed by atoms with Crippen LogP contribution in [0, 0.1) is 11.3 Å². The van der Waals surface area contributed by atoms with Gasteiger partial charge in [-0.1, -0.05) is 0 Å². The fourth-order valence-corrected chi connectivity index (χ4v) is 3.97. The van der Waals surface area contributed by atoms with E-state index in [2.05, 4.69) is 27.9 Å². The molecule has 1 amide bonds. The maximum Gasteiger partial charge on any atom is 0.222 e. The fraction of sp³-hybridized carbons (Fsp3) is 0.611. The Labute approximate surface area is 148 Å². The topological polar surface area (TPSA) is 83.7 Å². The highest BCUT2D eigenvalue weighted by atomic mass is 16.3. The number of nitriles is 1. The third-order valence-electron chi connectivity index (χ3n) is 5.58. The summed E-state index contributed by atoms with van der Waals surface area (Å²) >= 11 is 0. The number of hydrogen-bond donors (Lipinski definition) is 1. The number of carbonyl (C=O) groups excluding carboxylic acids is 1. The molecule has 3 heterocycles. The van der Waals surface area contributed by atoms with E-state index in [1.54, 1.807) is 23.2 Å². The minimum Gasteiger partial charge on any atom is -0.395 e. The van der Waals surface area contributed by atoms with Crippen LogP contribution >= 0.6 is 0 Å². The van der Waals surface area contributed by atoms with Crippen LogP contribution in [0.2, 0.25) is 0 Å². The summed E-state index contributed by atoms with van der Waals surface area (Å²) in [6.45, 7) is 3.51. The van der Waals surface area contributed by atoms with Gasteiger partial charge in [-0.05, 0) is 32.0 Å². The molecule has 3 rings (SSSR count). The molecule has 1 aromatic rings. The maximum absolute atomic E-state index is 12.3. The van der Waals surface area contributed by atoms with Crippen molar-refractivity contribution >= 4 is 11.7 Å². The Hall–Kier alpha value is -2.17. The van der Waals surface area contributed by atoms with Gasteiger partial charge in [0.2, 0.25) is 5.91 Å². The molecule has 1 aromatic heterocycles. The first kappa shape index (κ1) is 17.6. The molecular weight excluding hydrogens is 318 g/mol. The highest BCUT2D eigenvalue weighted by Crippen LogP contribution is 2.34. The van der Waals surface area contributed by atoms with Gasteiger partial charge in [0.05, 0.1) is 12.2 Å². The second-order valence-corrected chi connectivity index (χ2v) is 6.91. The van der Waals surface area contributed by atoms with Crippen LogP contribution < -0.4 is 4.90 Å². The first-order chi connectivity index (χ1) is 12.1. The summed E-state index contributed by atoms with van der Waals surface area (Å²) < 4.78 is 0. The summed E-state index contributed by atoms with van der Waals surface area (Å²) in [4.78, 5) is 23.1. The molecule has 2 aliphatic rings. The van der Waals surface area contributed by atoms with Crippen molar-refractivity contribution in [2.45, 2.75) is 24.8 Å². The van der Waals surface area contributed by atoms with Crippen LogP contribution in [0.1, 0.15) is 24.8 Å². The maximum atomic E-state index is 12.3. The molecule has 7 heteroatoms. The zero-order valence-electron chi connectivity index (χ0n) is 14.7. The Balaban J connectivity index is 1.83. The van der Waals surface area contributed by atoms with E-state index in [0.29, 0.717) is 25.1 Å². The van der Waals surface area contributed by atoms with Crippen molar-refractivity contribution in [3.8, 4) is 6.07 Å². The molecule has 0 unspecified atom stereocenters. The Morgan fingerprint density at radius 2 is 2.20 bits per heavy atom. The highest BCUT2D eigenvalue weighted by molar-refractivity contribution is 5.76. The molecule has 0 saturated carbocycles. The van der Waals surface area contributed by atoms with E-state index >= 15 is 0 Å². The second-order valence-electron chi connectivity index (χ2n) is 6.91. The highest BCUT2D eigenvalue weighted by Gasteiger charge is 2.42. The van der Waals surface area contributed by atoms with Gasteiger partial charge in [-0.15, -0.1) is 0 Å². The number of likely N-dealkylation sites (N-methyl/N-ethyl adjacent to an activating group) is 1. The first-order valence-electron chi connectivity index (χ1n) is 8.79. The van der Waals surface area contributed by atoms with E-state index < -0.39 is 0 Å². The third kappa shape index (κ3) is 3.46. The number of rotatable bonds is 3. The molecule has 0 aromatic carbocycles. The molecule has 2 saturated heterocycles. The van der Waals surface area contributed by atoms with Crippen LogP contribution in [0.4, 0.5) is 5.82 Å². The molecule has 0 bridgehead atoms. The van der Waals surface area contributed by atoms with E-state index in [1.807, 2.05) is 0 Å². The van der Waals surface area contributed by atoms with Crippen LogP contribution in [0.25, 0.3) is 0 Å². The van der Waals surface area contributed by atoms with Crippen molar-refractivity contribution in [3.05, 3.63) is 23.9 Å². The number of likely N-dealkylation sites (tertiary alicyclic amines) is 1. The summed E-state index contributed by atoms with van der Waals surface area (Å²) in [7, 11) is 2.12. The lowest BCUT2D eigenvalue weighted by molar-refractivity contribution is -0.131. The molecule has 7 nitrogen and oxygen atoms in total. The van der Waals surface area contributed by atoms with Crippen molar-refractivity contribution in [3.63, 3.8) is 0 Å². The van der Waals surface area contributed by atoms with Gasteiger partial charge in [-0.25, -0.2) is 4.98 Å². The average molecular weight is 343 g/mol. The molecule has 2 fully saturated rings. The van der Waals surface area contributed by atoms with Gasteiger partial charge < -0.3 is 14.9 Å². The predicted molar refractivity (Wildman–Crippen MR) is 94.0 cm³/mol. The number of nitrogens with zero attached hydrogens (tertiary/aromatic N) is 5. The van der Waals surface area contributed by atoms with Gasteiger partial charge in [0.1, 0.15) is 11.9 Å². The van der Waals surface area contributed by atoms with E-state index in [-0.39, 0.29) is 18.1 Å². The molecule has 0 radical (unpaired) electrons. The van der Waals surface area contributed by atoms with Crippen LogP contribution in [0.3, 0.4) is 0 Å². The number of hydrogen-bond acceptors (Lipinski definition) is 6. The van der Waals surface area contributed by atoms with Gasteiger partial charge in [0.25, 0.3) is 0 Å².